The van der Waals surface area contributed by atoms with E-state index in [2.05, 4.69) is 9.89 Å². The van der Waals surface area contributed by atoms with Gasteiger partial charge in [-0.25, -0.2) is 4.79 Å². The van der Waals surface area contributed by atoms with E-state index in [0.29, 0.717) is 17.9 Å². The normalized spacial score (nSPS) is 11.3. The van der Waals surface area contributed by atoms with Gasteiger partial charge in [0.25, 0.3) is 0 Å². The third kappa shape index (κ3) is 4.44. The van der Waals surface area contributed by atoms with E-state index in [-0.39, 0.29) is 5.71 Å². The van der Waals surface area contributed by atoms with Crippen LogP contribution in [0.25, 0.3) is 0 Å². The molecular weight excluding hydrogens is 242 g/mol. The molecule has 0 heterocycles. The van der Waals surface area contributed by atoms with Gasteiger partial charge < -0.3 is 9.94 Å². The summed E-state index contributed by atoms with van der Waals surface area (Å²) in [6, 6.07) is 7.51. The Morgan fingerprint density at radius 1 is 1.53 bits per heavy atom. The Balaban J connectivity index is 2.45. The summed E-state index contributed by atoms with van der Waals surface area (Å²) in [5.41, 5.74) is 1.12. The molecule has 0 fully saturated rings. The van der Waals surface area contributed by atoms with Crippen molar-refractivity contribution in [3.63, 3.8) is 0 Å². The zero-order valence-corrected chi connectivity index (χ0v) is 10.3. The minimum atomic E-state index is -0.599. The number of carbonyl (C=O) groups excluding carboxylic acids is 1. The smallest absolute Gasteiger partial charge is 0.355 e. The van der Waals surface area contributed by atoms with Crippen molar-refractivity contribution in [1.29, 1.82) is 0 Å². The minimum absolute atomic E-state index is 0.0366. The molecule has 17 heavy (non-hydrogen) atoms. The van der Waals surface area contributed by atoms with Gasteiger partial charge in [0.1, 0.15) is 0 Å². The first kappa shape index (κ1) is 13.5. The van der Waals surface area contributed by atoms with Crippen molar-refractivity contribution >= 4 is 23.3 Å². The molecule has 1 N–H and O–H groups in total. The lowest BCUT2D eigenvalue weighted by atomic mass is 10.1. The van der Waals surface area contributed by atoms with Gasteiger partial charge in [0.2, 0.25) is 0 Å². The molecule has 0 atom stereocenters. The molecule has 0 unspecified atom stereocenters. The summed E-state index contributed by atoms with van der Waals surface area (Å²) in [5, 5.41) is 12.2. The molecule has 0 spiro atoms. The lowest BCUT2D eigenvalue weighted by Crippen LogP contribution is -2.15. The molecule has 0 radical (unpaired) electrons. The first-order valence-electron chi connectivity index (χ1n) is 5.21. The number of nitrogens with zero attached hydrogens (tertiary/aromatic N) is 1. The Labute approximate surface area is 105 Å². The van der Waals surface area contributed by atoms with Gasteiger partial charge in [-0.05, 0) is 30.5 Å². The van der Waals surface area contributed by atoms with E-state index in [4.69, 9.17) is 16.8 Å². The monoisotopic (exact) mass is 255 g/mol. The maximum atomic E-state index is 11.1. The van der Waals surface area contributed by atoms with Crippen LogP contribution in [0.2, 0.25) is 5.02 Å². The standard InChI is InChI=1S/C12H14ClNO3/c1-17-12(15)11(14-16)7-3-5-9-4-2-6-10(13)8-9/h2,4,6,8,16H,3,5,7H2,1H3/b14-11+. The zero-order chi connectivity index (χ0) is 12.7. The number of rotatable bonds is 5. The summed E-state index contributed by atoms with van der Waals surface area (Å²) in [7, 11) is 1.25. The van der Waals surface area contributed by atoms with E-state index in [0.717, 1.165) is 12.0 Å². The maximum Gasteiger partial charge on any atom is 0.355 e. The molecule has 92 valence electrons. The third-order valence-corrected chi connectivity index (χ3v) is 2.54. The van der Waals surface area contributed by atoms with Crippen LogP contribution in [-0.4, -0.2) is 24.0 Å². The van der Waals surface area contributed by atoms with E-state index in [1.54, 1.807) is 6.07 Å². The van der Waals surface area contributed by atoms with Crippen LogP contribution in [0.15, 0.2) is 29.4 Å². The highest BCUT2D eigenvalue weighted by Gasteiger charge is 2.11. The van der Waals surface area contributed by atoms with Gasteiger partial charge in [-0.3, -0.25) is 0 Å². The predicted octanol–water partition coefficient (Wildman–Crippen LogP) is 2.67. The Kier molecular flexibility index (Phi) is 5.49. The third-order valence-electron chi connectivity index (χ3n) is 2.31. The van der Waals surface area contributed by atoms with E-state index in [1.165, 1.54) is 7.11 Å². The summed E-state index contributed by atoms with van der Waals surface area (Å²) in [6.45, 7) is 0. The van der Waals surface area contributed by atoms with Crippen LogP contribution in [0, 0.1) is 0 Å². The van der Waals surface area contributed by atoms with Gasteiger partial charge in [0.05, 0.1) is 7.11 Å². The van der Waals surface area contributed by atoms with Gasteiger partial charge in [-0.1, -0.05) is 28.9 Å². The van der Waals surface area contributed by atoms with Crippen molar-refractivity contribution in [3.05, 3.63) is 34.9 Å². The van der Waals surface area contributed by atoms with E-state index >= 15 is 0 Å². The van der Waals surface area contributed by atoms with Crippen molar-refractivity contribution < 1.29 is 14.7 Å². The molecule has 1 aromatic rings. The fraction of sp³-hybridized carbons (Fsp3) is 0.333. The summed E-state index contributed by atoms with van der Waals surface area (Å²) < 4.78 is 4.47. The second-order valence-electron chi connectivity index (χ2n) is 3.52. The number of hydrogen-bond acceptors (Lipinski definition) is 4. The van der Waals surface area contributed by atoms with Crippen LogP contribution in [0.5, 0.6) is 0 Å². The largest absolute Gasteiger partial charge is 0.464 e. The molecule has 0 aliphatic rings. The van der Waals surface area contributed by atoms with Crippen LogP contribution in [-0.2, 0) is 16.0 Å². The van der Waals surface area contributed by atoms with Crippen molar-refractivity contribution in [2.45, 2.75) is 19.3 Å². The number of esters is 1. The van der Waals surface area contributed by atoms with Gasteiger partial charge in [-0.2, -0.15) is 0 Å². The highest BCUT2D eigenvalue weighted by Crippen LogP contribution is 2.13. The molecule has 0 aromatic heterocycles. The van der Waals surface area contributed by atoms with Crippen LogP contribution in [0.3, 0.4) is 0 Å². The number of halogens is 1. The molecule has 1 rings (SSSR count). The number of aryl methyl sites for hydroxylation is 1. The van der Waals surface area contributed by atoms with Crippen molar-refractivity contribution in [1.82, 2.24) is 0 Å². The van der Waals surface area contributed by atoms with E-state index in [9.17, 15) is 4.79 Å². The average molecular weight is 256 g/mol. The number of carbonyl (C=O) groups is 1. The lowest BCUT2D eigenvalue weighted by Gasteiger charge is -2.03. The van der Waals surface area contributed by atoms with Crippen molar-refractivity contribution in [3.8, 4) is 0 Å². The van der Waals surface area contributed by atoms with Crippen LogP contribution >= 0.6 is 11.6 Å². The number of methoxy groups -OCH3 is 1. The molecule has 5 heteroatoms. The number of benzene rings is 1. The van der Waals surface area contributed by atoms with E-state index in [1.807, 2.05) is 18.2 Å². The van der Waals surface area contributed by atoms with Crippen LogP contribution < -0.4 is 0 Å². The quantitative estimate of drug-likeness (QED) is 0.381. The van der Waals surface area contributed by atoms with Crippen molar-refractivity contribution in [2.75, 3.05) is 7.11 Å². The van der Waals surface area contributed by atoms with Gasteiger partial charge in [-0.15, -0.1) is 0 Å². The van der Waals surface area contributed by atoms with Crippen LogP contribution in [0.1, 0.15) is 18.4 Å². The summed E-state index contributed by atoms with van der Waals surface area (Å²) >= 11 is 5.85. The molecule has 0 saturated heterocycles. The Morgan fingerprint density at radius 2 is 2.29 bits per heavy atom. The fourth-order valence-electron chi connectivity index (χ4n) is 1.46. The minimum Gasteiger partial charge on any atom is -0.464 e. The van der Waals surface area contributed by atoms with Crippen molar-refractivity contribution in [2.24, 2.45) is 5.16 Å². The number of oxime groups is 1. The average Bonchev–Trinajstić information content (AvgIpc) is 2.34. The predicted molar refractivity (Wildman–Crippen MR) is 65.6 cm³/mol. The molecule has 0 amide bonds. The molecule has 4 nitrogen and oxygen atoms in total. The van der Waals surface area contributed by atoms with Gasteiger partial charge in [0, 0.05) is 11.4 Å². The molecule has 0 aliphatic carbocycles. The zero-order valence-electron chi connectivity index (χ0n) is 9.52. The first-order valence-corrected chi connectivity index (χ1v) is 5.59. The van der Waals surface area contributed by atoms with E-state index < -0.39 is 5.97 Å². The maximum absolute atomic E-state index is 11.1. The highest BCUT2D eigenvalue weighted by atomic mass is 35.5. The molecular formula is C12H14ClNO3. The Bertz CT molecular complexity index is 418. The SMILES string of the molecule is COC(=O)/C(CCCc1cccc(Cl)c1)=N/O. The molecule has 0 bridgehead atoms. The van der Waals surface area contributed by atoms with Crippen LogP contribution in [0.4, 0.5) is 0 Å². The molecule has 0 saturated carbocycles. The Morgan fingerprint density at radius 3 is 2.88 bits per heavy atom. The highest BCUT2D eigenvalue weighted by molar-refractivity contribution is 6.36. The first-order chi connectivity index (χ1) is 8.17. The fourth-order valence-corrected chi connectivity index (χ4v) is 1.68. The Hall–Kier alpha value is -1.55. The second kappa shape index (κ2) is 6.91. The second-order valence-corrected chi connectivity index (χ2v) is 3.96. The van der Waals surface area contributed by atoms with Gasteiger partial charge in [0.15, 0.2) is 5.71 Å². The molecule has 1 aromatic carbocycles. The topological polar surface area (TPSA) is 58.9 Å². The molecule has 0 aliphatic heterocycles. The van der Waals surface area contributed by atoms with Gasteiger partial charge >= 0.3 is 5.97 Å². The number of ether oxygens (including phenoxy) is 1. The number of hydrogen-bond donors (Lipinski definition) is 1. The lowest BCUT2D eigenvalue weighted by molar-refractivity contribution is -0.133. The summed E-state index contributed by atoms with van der Waals surface area (Å²) in [6.07, 6.45) is 1.82. The summed E-state index contributed by atoms with van der Waals surface area (Å²) in [4.78, 5) is 11.1. The summed E-state index contributed by atoms with van der Waals surface area (Å²) in [5.74, 6) is -0.599.